The quantitative estimate of drug-likeness (QED) is 0.731. The molecule has 0 radical (unpaired) electrons. The highest BCUT2D eigenvalue weighted by Crippen LogP contribution is 2.34. The van der Waals surface area contributed by atoms with Crippen LogP contribution in [0.3, 0.4) is 0 Å². The number of nitrogen functional groups attached to an aromatic ring is 1. The highest BCUT2D eigenvalue weighted by Gasteiger charge is 2.21. The summed E-state index contributed by atoms with van der Waals surface area (Å²) in [5, 5.41) is 4.41. The third kappa shape index (κ3) is 3.46. The van der Waals surface area contributed by atoms with Crippen LogP contribution in [-0.2, 0) is 13.0 Å². The number of hydrogen-bond acceptors (Lipinski definition) is 6. The molecule has 3 heterocycles. The van der Waals surface area contributed by atoms with Gasteiger partial charge in [0.1, 0.15) is 0 Å². The maximum Gasteiger partial charge on any atom is 0.263 e. The summed E-state index contributed by atoms with van der Waals surface area (Å²) >= 11 is 0. The zero-order valence-corrected chi connectivity index (χ0v) is 16.9. The van der Waals surface area contributed by atoms with Crippen molar-refractivity contribution in [3.63, 3.8) is 0 Å². The molecule has 0 spiro atoms. The summed E-state index contributed by atoms with van der Waals surface area (Å²) in [4.78, 5) is 11.4. The van der Waals surface area contributed by atoms with Crippen molar-refractivity contribution in [1.29, 1.82) is 0 Å². The minimum atomic E-state index is 0.279. The number of fused-ring (bicyclic) bond motifs is 1. The average molecular weight is 390 g/mol. The van der Waals surface area contributed by atoms with Crippen LogP contribution in [-0.4, -0.2) is 38.2 Å². The van der Waals surface area contributed by atoms with E-state index in [0.717, 1.165) is 30.8 Å². The van der Waals surface area contributed by atoms with E-state index in [1.165, 1.54) is 36.0 Å². The van der Waals surface area contributed by atoms with E-state index in [0.29, 0.717) is 17.7 Å². The third-order valence-electron chi connectivity index (χ3n) is 6.06. The summed E-state index contributed by atoms with van der Waals surface area (Å²) < 4.78 is 7.91. The number of likely N-dealkylation sites (N-methyl/N-ethyl adjacent to an activating group) is 1. The van der Waals surface area contributed by atoms with Crippen LogP contribution >= 0.6 is 0 Å². The minimum Gasteiger partial charge on any atom is -0.433 e. The summed E-state index contributed by atoms with van der Waals surface area (Å²) in [6.45, 7) is 4.23. The van der Waals surface area contributed by atoms with Crippen LogP contribution in [0.1, 0.15) is 42.0 Å². The number of benzene rings is 1. The molecule has 1 aliphatic heterocycles. The first kappa shape index (κ1) is 18.1. The molecule has 1 aromatic carbocycles. The van der Waals surface area contributed by atoms with Gasteiger partial charge in [-0.3, -0.25) is 4.68 Å². The molecule has 2 aliphatic rings. The Kier molecular flexibility index (Phi) is 4.47. The molecule has 5 rings (SSSR count). The Bertz CT molecular complexity index is 1060. The van der Waals surface area contributed by atoms with Crippen molar-refractivity contribution >= 4 is 5.82 Å². The van der Waals surface area contributed by atoms with E-state index in [2.05, 4.69) is 46.1 Å². The first-order valence-electron chi connectivity index (χ1n) is 10.2. The van der Waals surface area contributed by atoms with Crippen LogP contribution < -0.4 is 10.5 Å². The second-order valence-corrected chi connectivity index (χ2v) is 8.21. The van der Waals surface area contributed by atoms with E-state index >= 15 is 0 Å². The molecular formula is C22H26N6O. The normalized spacial score (nSPS) is 17.0. The number of aromatic nitrogens is 4. The van der Waals surface area contributed by atoms with Gasteiger partial charge < -0.3 is 15.4 Å². The molecule has 2 N–H and O–H groups in total. The van der Waals surface area contributed by atoms with Gasteiger partial charge in [0, 0.05) is 18.7 Å². The van der Waals surface area contributed by atoms with Crippen molar-refractivity contribution in [2.75, 3.05) is 19.3 Å². The summed E-state index contributed by atoms with van der Waals surface area (Å²) in [6, 6.07) is 4.89. The van der Waals surface area contributed by atoms with Crippen molar-refractivity contribution < 1.29 is 4.74 Å². The topological polar surface area (TPSA) is 82.1 Å². The number of rotatable bonds is 4. The smallest absolute Gasteiger partial charge is 0.263 e. The van der Waals surface area contributed by atoms with E-state index in [1.807, 2.05) is 10.9 Å². The van der Waals surface area contributed by atoms with Gasteiger partial charge in [-0.2, -0.15) is 5.10 Å². The van der Waals surface area contributed by atoms with Gasteiger partial charge in [0.2, 0.25) is 0 Å². The van der Waals surface area contributed by atoms with Gasteiger partial charge in [-0.25, -0.2) is 9.97 Å². The lowest BCUT2D eigenvalue weighted by atomic mass is 9.92. The predicted octanol–water partition coefficient (Wildman–Crippen LogP) is 3.74. The Hall–Kier alpha value is -2.93. The summed E-state index contributed by atoms with van der Waals surface area (Å²) in [7, 11) is 2.17. The molecule has 1 saturated carbocycles. The van der Waals surface area contributed by atoms with E-state index in [-0.39, 0.29) is 5.82 Å². The fourth-order valence-corrected chi connectivity index (χ4v) is 4.08. The van der Waals surface area contributed by atoms with Crippen molar-refractivity contribution in [2.45, 2.75) is 45.2 Å². The van der Waals surface area contributed by atoms with Crippen LogP contribution in [0, 0.1) is 6.92 Å². The van der Waals surface area contributed by atoms with Crippen molar-refractivity contribution in [3.05, 3.63) is 47.4 Å². The number of anilines is 1. The highest BCUT2D eigenvalue weighted by molar-refractivity contribution is 5.64. The fraction of sp³-hybridized carbons (Fsp3) is 0.409. The van der Waals surface area contributed by atoms with Gasteiger partial charge in [-0.05, 0) is 68.5 Å². The average Bonchev–Trinajstić information content (AvgIpc) is 3.10. The second-order valence-electron chi connectivity index (χ2n) is 8.21. The number of aryl methyl sites for hydroxylation is 1. The Balaban J connectivity index is 1.43. The molecule has 2 aromatic heterocycles. The molecule has 1 fully saturated rings. The van der Waals surface area contributed by atoms with E-state index in [1.54, 1.807) is 12.4 Å². The van der Waals surface area contributed by atoms with Crippen LogP contribution in [0.2, 0.25) is 0 Å². The molecule has 0 saturated heterocycles. The van der Waals surface area contributed by atoms with Crippen molar-refractivity contribution in [2.24, 2.45) is 0 Å². The van der Waals surface area contributed by atoms with Gasteiger partial charge in [0.05, 0.1) is 30.3 Å². The summed E-state index contributed by atoms with van der Waals surface area (Å²) in [5.41, 5.74) is 12.0. The molecule has 29 heavy (non-hydrogen) atoms. The SMILES string of the molecule is Cc1cc(-c2cnc(N)c(Oc3cnn(C4CCC4)c3)n2)cc2c1CN(C)CC2. The monoisotopic (exact) mass is 390 g/mol. The molecule has 7 nitrogen and oxygen atoms in total. The lowest BCUT2D eigenvalue weighted by Gasteiger charge is -2.27. The third-order valence-corrected chi connectivity index (χ3v) is 6.06. The van der Waals surface area contributed by atoms with Crippen LogP contribution in [0.5, 0.6) is 11.6 Å². The van der Waals surface area contributed by atoms with Gasteiger partial charge in [-0.15, -0.1) is 0 Å². The van der Waals surface area contributed by atoms with E-state index in [4.69, 9.17) is 10.5 Å². The second kappa shape index (κ2) is 7.15. The zero-order chi connectivity index (χ0) is 20.0. The fourth-order valence-electron chi connectivity index (χ4n) is 4.08. The molecule has 0 amide bonds. The van der Waals surface area contributed by atoms with Gasteiger partial charge in [-0.1, -0.05) is 0 Å². The number of ether oxygens (including phenoxy) is 1. The maximum atomic E-state index is 6.04. The van der Waals surface area contributed by atoms with Gasteiger partial charge >= 0.3 is 0 Å². The largest absolute Gasteiger partial charge is 0.433 e. The first-order chi connectivity index (χ1) is 14.1. The lowest BCUT2D eigenvalue weighted by molar-refractivity contribution is 0.288. The molecule has 0 bridgehead atoms. The maximum absolute atomic E-state index is 6.04. The molecule has 0 unspecified atom stereocenters. The molecule has 150 valence electrons. The van der Waals surface area contributed by atoms with Crippen LogP contribution in [0.4, 0.5) is 5.82 Å². The predicted molar refractivity (Wildman–Crippen MR) is 112 cm³/mol. The Morgan fingerprint density at radius 2 is 2.07 bits per heavy atom. The van der Waals surface area contributed by atoms with E-state index < -0.39 is 0 Å². The molecule has 1 aliphatic carbocycles. The number of hydrogen-bond donors (Lipinski definition) is 1. The molecule has 0 atom stereocenters. The Labute approximate surface area is 170 Å². The molecular weight excluding hydrogens is 364 g/mol. The number of nitrogens with zero attached hydrogens (tertiary/aromatic N) is 5. The standard InChI is InChI=1S/C22H26N6O/c1-14-8-16(9-15-6-7-27(2)13-19(14)15)20-11-24-21(23)22(26-20)29-18-10-25-28(12-18)17-4-3-5-17/h8-12,17H,3-7,13H2,1-2H3,(H2,23,24). The Morgan fingerprint density at radius 1 is 1.21 bits per heavy atom. The number of nitrogens with two attached hydrogens (primary N) is 1. The zero-order valence-electron chi connectivity index (χ0n) is 16.9. The lowest BCUT2D eigenvalue weighted by Crippen LogP contribution is -2.27. The van der Waals surface area contributed by atoms with Crippen molar-refractivity contribution in [1.82, 2.24) is 24.6 Å². The van der Waals surface area contributed by atoms with Crippen molar-refractivity contribution in [3.8, 4) is 22.9 Å². The Morgan fingerprint density at radius 3 is 2.86 bits per heavy atom. The molecule has 7 heteroatoms. The highest BCUT2D eigenvalue weighted by atomic mass is 16.5. The minimum absolute atomic E-state index is 0.279. The first-order valence-corrected chi connectivity index (χ1v) is 10.2. The summed E-state index contributed by atoms with van der Waals surface area (Å²) in [6.07, 6.45) is 10.0. The van der Waals surface area contributed by atoms with Crippen LogP contribution in [0.15, 0.2) is 30.7 Å². The van der Waals surface area contributed by atoms with Gasteiger partial charge in [0.25, 0.3) is 5.88 Å². The molecule has 3 aromatic rings. The summed E-state index contributed by atoms with van der Waals surface area (Å²) in [5.74, 6) is 1.24. The van der Waals surface area contributed by atoms with E-state index in [9.17, 15) is 0 Å². The van der Waals surface area contributed by atoms with Gasteiger partial charge in [0.15, 0.2) is 11.6 Å². The van der Waals surface area contributed by atoms with Crippen LogP contribution in [0.25, 0.3) is 11.3 Å².